The van der Waals surface area contributed by atoms with Crippen molar-refractivity contribution in [2.45, 2.75) is 33.1 Å². The molecule has 5 heteroatoms. The standard InChI is InChI=1S/C11H21NO3S/c1-3-5-7-16-9-10(13)12(6-4-2)8-11(14)15/h3-9H2,1-2H3,(H,14,15). The maximum absolute atomic E-state index is 11.7. The first kappa shape index (κ1) is 15.3. The van der Waals surface area contributed by atoms with Crippen molar-refractivity contribution in [1.82, 2.24) is 4.90 Å². The molecule has 0 saturated carbocycles. The molecule has 16 heavy (non-hydrogen) atoms. The number of carboxylic acid groups (broad SMARTS) is 1. The molecule has 0 saturated heterocycles. The lowest BCUT2D eigenvalue weighted by Gasteiger charge is -2.19. The van der Waals surface area contributed by atoms with E-state index < -0.39 is 5.97 Å². The highest BCUT2D eigenvalue weighted by Gasteiger charge is 2.15. The van der Waals surface area contributed by atoms with Crippen molar-refractivity contribution >= 4 is 23.6 Å². The summed E-state index contributed by atoms with van der Waals surface area (Å²) < 4.78 is 0. The van der Waals surface area contributed by atoms with Crippen molar-refractivity contribution in [2.75, 3.05) is 24.6 Å². The van der Waals surface area contributed by atoms with Crippen LogP contribution in [0.5, 0.6) is 0 Å². The minimum absolute atomic E-state index is 0.0645. The largest absolute Gasteiger partial charge is 0.480 e. The van der Waals surface area contributed by atoms with Crippen LogP contribution in [0.1, 0.15) is 33.1 Å². The van der Waals surface area contributed by atoms with Crippen LogP contribution in [0.15, 0.2) is 0 Å². The zero-order chi connectivity index (χ0) is 12.4. The van der Waals surface area contributed by atoms with Gasteiger partial charge in [0.2, 0.25) is 5.91 Å². The van der Waals surface area contributed by atoms with Crippen LogP contribution in [0, 0.1) is 0 Å². The summed E-state index contributed by atoms with van der Waals surface area (Å²) in [6, 6.07) is 0. The molecule has 0 aromatic carbocycles. The van der Waals surface area contributed by atoms with Crippen LogP contribution < -0.4 is 0 Å². The third-order valence-corrected chi connectivity index (χ3v) is 3.07. The summed E-state index contributed by atoms with van der Waals surface area (Å²) in [6.07, 6.45) is 3.01. The number of carbonyl (C=O) groups excluding carboxylic acids is 1. The van der Waals surface area contributed by atoms with Crippen molar-refractivity contribution in [2.24, 2.45) is 0 Å². The predicted molar refractivity (Wildman–Crippen MR) is 66.7 cm³/mol. The van der Waals surface area contributed by atoms with E-state index in [0.717, 1.165) is 25.0 Å². The molecule has 0 aliphatic heterocycles. The average molecular weight is 247 g/mol. The first-order valence-corrected chi connectivity index (χ1v) is 6.84. The maximum Gasteiger partial charge on any atom is 0.323 e. The smallest absolute Gasteiger partial charge is 0.323 e. The zero-order valence-corrected chi connectivity index (χ0v) is 10.9. The van der Waals surface area contributed by atoms with E-state index in [9.17, 15) is 9.59 Å². The average Bonchev–Trinajstić information content (AvgIpc) is 2.23. The quantitative estimate of drug-likeness (QED) is 0.632. The van der Waals surface area contributed by atoms with Gasteiger partial charge in [0.15, 0.2) is 0 Å². The number of hydrogen-bond acceptors (Lipinski definition) is 3. The Morgan fingerprint density at radius 1 is 1.25 bits per heavy atom. The molecule has 0 aliphatic rings. The lowest BCUT2D eigenvalue weighted by molar-refractivity contribution is -0.143. The third kappa shape index (κ3) is 7.56. The summed E-state index contributed by atoms with van der Waals surface area (Å²) in [4.78, 5) is 23.7. The van der Waals surface area contributed by atoms with Crippen molar-refractivity contribution in [3.05, 3.63) is 0 Å². The van der Waals surface area contributed by atoms with Crippen LogP contribution in [0.4, 0.5) is 0 Å². The number of rotatable bonds is 9. The Morgan fingerprint density at radius 2 is 1.94 bits per heavy atom. The molecule has 0 radical (unpaired) electrons. The lowest BCUT2D eigenvalue weighted by atomic mass is 10.4. The highest BCUT2D eigenvalue weighted by atomic mass is 32.2. The van der Waals surface area contributed by atoms with Gasteiger partial charge in [0.1, 0.15) is 6.54 Å². The van der Waals surface area contributed by atoms with Crippen LogP contribution in [0.3, 0.4) is 0 Å². The van der Waals surface area contributed by atoms with Gasteiger partial charge in [-0.15, -0.1) is 0 Å². The number of carboxylic acids is 1. The summed E-state index contributed by atoms with van der Waals surface area (Å²) in [5, 5.41) is 8.67. The van der Waals surface area contributed by atoms with Gasteiger partial charge in [-0.1, -0.05) is 20.3 Å². The second-order valence-corrected chi connectivity index (χ2v) is 4.72. The fourth-order valence-electron chi connectivity index (χ4n) is 1.22. The first-order valence-electron chi connectivity index (χ1n) is 5.69. The van der Waals surface area contributed by atoms with Gasteiger partial charge < -0.3 is 10.0 Å². The molecule has 1 N–H and O–H groups in total. The van der Waals surface area contributed by atoms with Gasteiger partial charge in [-0.05, 0) is 18.6 Å². The molecule has 0 bridgehead atoms. The zero-order valence-electron chi connectivity index (χ0n) is 10.1. The topological polar surface area (TPSA) is 57.6 Å². The first-order chi connectivity index (χ1) is 7.61. The SMILES string of the molecule is CCCCSCC(=O)N(CCC)CC(=O)O. The van der Waals surface area contributed by atoms with E-state index in [1.165, 1.54) is 4.90 Å². The van der Waals surface area contributed by atoms with Gasteiger partial charge in [0.25, 0.3) is 0 Å². The molecule has 4 nitrogen and oxygen atoms in total. The van der Waals surface area contributed by atoms with E-state index >= 15 is 0 Å². The van der Waals surface area contributed by atoms with E-state index in [1.54, 1.807) is 11.8 Å². The van der Waals surface area contributed by atoms with E-state index in [4.69, 9.17) is 5.11 Å². The van der Waals surface area contributed by atoms with E-state index in [-0.39, 0.29) is 12.5 Å². The van der Waals surface area contributed by atoms with Crippen molar-refractivity contribution < 1.29 is 14.7 Å². The number of nitrogens with zero attached hydrogens (tertiary/aromatic N) is 1. The van der Waals surface area contributed by atoms with Crippen LogP contribution in [0.25, 0.3) is 0 Å². The highest BCUT2D eigenvalue weighted by Crippen LogP contribution is 2.06. The molecule has 0 aromatic heterocycles. The molecule has 1 amide bonds. The molecule has 94 valence electrons. The Morgan fingerprint density at radius 3 is 2.44 bits per heavy atom. The molecule has 0 unspecified atom stereocenters. The van der Waals surface area contributed by atoms with Gasteiger partial charge in [-0.25, -0.2) is 0 Å². The molecule has 0 heterocycles. The number of hydrogen-bond donors (Lipinski definition) is 1. The molecule has 0 spiro atoms. The minimum atomic E-state index is -0.944. The highest BCUT2D eigenvalue weighted by molar-refractivity contribution is 7.99. The van der Waals surface area contributed by atoms with Gasteiger partial charge in [-0.2, -0.15) is 11.8 Å². The summed E-state index contributed by atoms with van der Waals surface area (Å²) in [7, 11) is 0. The summed E-state index contributed by atoms with van der Waals surface area (Å²) in [5.41, 5.74) is 0. The molecular weight excluding hydrogens is 226 g/mol. The van der Waals surface area contributed by atoms with E-state index in [2.05, 4.69) is 6.92 Å². The van der Waals surface area contributed by atoms with Gasteiger partial charge in [-0.3, -0.25) is 9.59 Å². The molecule has 0 aromatic rings. The van der Waals surface area contributed by atoms with Gasteiger partial charge in [0, 0.05) is 6.54 Å². The van der Waals surface area contributed by atoms with Crippen molar-refractivity contribution in [3.8, 4) is 0 Å². The Labute approximate surface area is 101 Å². The monoisotopic (exact) mass is 247 g/mol. The summed E-state index contributed by atoms with van der Waals surface area (Å²) >= 11 is 1.58. The molecule has 0 atom stereocenters. The molecule has 0 fully saturated rings. The van der Waals surface area contributed by atoms with Crippen LogP contribution in [-0.4, -0.2) is 46.5 Å². The summed E-state index contributed by atoms with van der Waals surface area (Å²) in [5.74, 6) is 0.355. The van der Waals surface area contributed by atoms with Crippen LogP contribution in [0.2, 0.25) is 0 Å². The number of carbonyl (C=O) groups is 2. The molecule has 0 aliphatic carbocycles. The third-order valence-electron chi connectivity index (χ3n) is 2.04. The Kier molecular flexibility index (Phi) is 9.09. The predicted octanol–water partition coefficient (Wildman–Crippen LogP) is 1.84. The van der Waals surface area contributed by atoms with Gasteiger partial charge in [0.05, 0.1) is 5.75 Å². The summed E-state index contributed by atoms with van der Waals surface area (Å²) in [6.45, 7) is 4.39. The maximum atomic E-state index is 11.7. The Hall–Kier alpha value is -0.710. The minimum Gasteiger partial charge on any atom is -0.480 e. The van der Waals surface area contributed by atoms with Crippen molar-refractivity contribution in [1.29, 1.82) is 0 Å². The fourth-order valence-corrected chi connectivity index (χ4v) is 2.22. The molecular formula is C11H21NO3S. The number of unbranched alkanes of at least 4 members (excludes halogenated alkanes) is 1. The Bertz CT molecular complexity index is 221. The Balaban J connectivity index is 3.91. The van der Waals surface area contributed by atoms with Crippen molar-refractivity contribution in [3.63, 3.8) is 0 Å². The van der Waals surface area contributed by atoms with Crippen LogP contribution in [-0.2, 0) is 9.59 Å². The van der Waals surface area contributed by atoms with E-state index in [0.29, 0.717) is 12.3 Å². The second kappa shape index (κ2) is 9.51. The number of aliphatic carboxylic acids is 1. The van der Waals surface area contributed by atoms with E-state index in [1.807, 2.05) is 6.92 Å². The second-order valence-electron chi connectivity index (χ2n) is 3.62. The fraction of sp³-hybridized carbons (Fsp3) is 0.818. The normalized spacial score (nSPS) is 10.1. The van der Waals surface area contributed by atoms with Gasteiger partial charge >= 0.3 is 5.97 Å². The molecule has 0 rings (SSSR count). The van der Waals surface area contributed by atoms with Crippen LogP contribution >= 0.6 is 11.8 Å². The number of thioether (sulfide) groups is 1. The number of amides is 1. The lowest BCUT2D eigenvalue weighted by Crippen LogP contribution is -2.37.